The normalized spacial score (nSPS) is 20.4. The summed E-state index contributed by atoms with van der Waals surface area (Å²) in [5.74, 6) is 0.142. The molecule has 1 aromatic rings. The number of amides is 3. The van der Waals surface area contributed by atoms with Gasteiger partial charge in [-0.2, -0.15) is 0 Å². The predicted molar refractivity (Wildman–Crippen MR) is 143 cm³/mol. The maximum Gasteiger partial charge on any atom is 0.246 e. The summed E-state index contributed by atoms with van der Waals surface area (Å²) in [5.41, 5.74) is 0.584. The number of piperidine rings is 1. The fraction of sp³-hybridized carbons (Fsp3) is 0.690. The smallest absolute Gasteiger partial charge is 0.246 e. The molecule has 0 saturated carbocycles. The lowest BCUT2D eigenvalue weighted by Crippen LogP contribution is -2.72. The van der Waals surface area contributed by atoms with Gasteiger partial charge in [0.2, 0.25) is 17.7 Å². The van der Waals surface area contributed by atoms with Crippen molar-refractivity contribution in [2.24, 2.45) is 5.41 Å². The van der Waals surface area contributed by atoms with Crippen molar-refractivity contribution in [1.82, 2.24) is 20.4 Å². The van der Waals surface area contributed by atoms with E-state index in [2.05, 4.69) is 46.7 Å². The highest BCUT2D eigenvalue weighted by atomic mass is 16.2. The van der Waals surface area contributed by atoms with Crippen LogP contribution in [0.1, 0.15) is 78.2 Å². The number of hydrogen-bond donors (Lipinski definition) is 2. The van der Waals surface area contributed by atoms with Gasteiger partial charge in [0.25, 0.3) is 0 Å². The summed E-state index contributed by atoms with van der Waals surface area (Å²) in [6.07, 6.45) is 5.90. The highest BCUT2D eigenvalue weighted by Crippen LogP contribution is 2.34. The number of nitrogens with one attached hydrogen (secondary N) is 2. The Morgan fingerprint density at radius 3 is 2.42 bits per heavy atom. The Morgan fingerprint density at radius 1 is 1.08 bits per heavy atom. The van der Waals surface area contributed by atoms with Crippen molar-refractivity contribution in [3.8, 4) is 0 Å². The van der Waals surface area contributed by atoms with Gasteiger partial charge in [-0.15, -0.1) is 0 Å². The molecule has 2 aliphatic rings. The van der Waals surface area contributed by atoms with E-state index in [0.717, 1.165) is 45.3 Å². The summed E-state index contributed by atoms with van der Waals surface area (Å²) >= 11 is 0. The number of unbranched alkanes of at least 4 members (excludes halogenated alkanes) is 1. The average molecular weight is 499 g/mol. The summed E-state index contributed by atoms with van der Waals surface area (Å²) in [7, 11) is 0. The molecule has 0 unspecified atom stereocenters. The van der Waals surface area contributed by atoms with Crippen LogP contribution in [-0.4, -0.2) is 71.8 Å². The summed E-state index contributed by atoms with van der Waals surface area (Å²) in [5, 5.41) is 6.05. The Hall–Kier alpha value is -2.41. The van der Waals surface area contributed by atoms with Gasteiger partial charge >= 0.3 is 0 Å². The Bertz CT molecular complexity index is 872. The largest absolute Gasteiger partial charge is 0.356 e. The molecule has 2 fully saturated rings. The second-order valence-corrected chi connectivity index (χ2v) is 11.7. The van der Waals surface area contributed by atoms with Crippen LogP contribution in [0.5, 0.6) is 0 Å². The minimum Gasteiger partial charge on any atom is -0.356 e. The predicted octanol–water partition coefficient (Wildman–Crippen LogP) is 3.52. The van der Waals surface area contributed by atoms with Crippen LogP contribution in [0.2, 0.25) is 0 Å². The molecule has 2 saturated heterocycles. The molecular weight excluding hydrogens is 452 g/mol. The van der Waals surface area contributed by atoms with Crippen LogP contribution in [0.3, 0.4) is 0 Å². The molecule has 1 atom stereocenters. The van der Waals surface area contributed by atoms with Crippen LogP contribution in [0.15, 0.2) is 30.3 Å². The number of piperazine rings is 1. The van der Waals surface area contributed by atoms with Crippen molar-refractivity contribution in [3.05, 3.63) is 35.9 Å². The molecular formula is C29H46N4O3. The minimum atomic E-state index is -0.715. The van der Waals surface area contributed by atoms with Crippen LogP contribution in [0.25, 0.3) is 0 Å². The second kappa shape index (κ2) is 12.7. The number of carbonyl (C=O) groups excluding carboxylic acids is 3. The number of likely N-dealkylation sites (tertiary alicyclic amines) is 1. The summed E-state index contributed by atoms with van der Waals surface area (Å²) < 4.78 is 0. The van der Waals surface area contributed by atoms with Gasteiger partial charge < -0.3 is 20.4 Å². The molecule has 0 radical (unpaired) electrons. The molecule has 7 heteroatoms. The number of hydrogen-bond acceptors (Lipinski definition) is 4. The van der Waals surface area contributed by atoms with Crippen molar-refractivity contribution in [3.63, 3.8) is 0 Å². The lowest BCUT2D eigenvalue weighted by Gasteiger charge is -2.51. The highest BCUT2D eigenvalue weighted by molar-refractivity contribution is 6.00. The maximum absolute atomic E-state index is 13.5. The zero-order valence-corrected chi connectivity index (χ0v) is 22.8. The molecule has 3 amide bonds. The molecule has 36 heavy (non-hydrogen) atoms. The van der Waals surface area contributed by atoms with E-state index in [1.807, 2.05) is 31.7 Å². The third-order valence-corrected chi connectivity index (χ3v) is 7.43. The highest BCUT2D eigenvalue weighted by Gasteiger charge is 2.52. The van der Waals surface area contributed by atoms with Gasteiger partial charge in [0, 0.05) is 39.1 Å². The van der Waals surface area contributed by atoms with E-state index < -0.39 is 11.6 Å². The molecule has 7 nitrogen and oxygen atoms in total. The lowest BCUT2D eigenvalue weighted by molar-refractivity contribution is -0.161. The van der Waals surface area contributed by atoms with E-state index in [4.69, 9.17) is 0 Å². The third-order valence-electron chi connectivity index (χ3n) is 7.43. The maximum atomic E-state index is 13.5. The van der Waals surface area contributed by atoms with Gasteiger partial charge in [0.1, 0.15) is 11.6 Å². The Morgan fingerprint density at radius 2 is 1.78 bits per heavy atom. The Balaban J connectivity index is 1.49. The van der Waals surface area contributed by atoms with Gasteiger partial charge in [0.15, 0.2) is 0 Å². The van der Waals surface area contributed by atoms with Gasteiger partial charge in [-0.1, -0.05) is 58.0 Å². The zero-order chi connectivity index (χ0) is 26.2. The fourth-order valence-corrected chi connectivity index (χ4v) is 5.44. The fourth-order valence-electron chi connectivity index (χ4n) is 5.44. The topological polar surface area (TPSA) is 81.8 Å². The molecule has 1 spiro atoms. The minimum absolute atomic E-state index is 0.0155. The lowest BCUT2D eigenvalue weighted by atomic mass is 9.81. The third kappa shape index (κ3) is 7.55. The van der Waals surface area contributed by atoms with Crippen molar-refractivity contribution in [2.45, 2.75) is 90.6 Å². The molecule has 1 aromatic carbocycles. The van der Waals surface area contributed by atoms with E-state index in [1.165, 1.54) is 5.56 Å². The van der Waals surface area contributed by atoms with Crippen LogP contribution >= 0.6 is 0 Å². The van der Waals surface area contributed by atoms with Crippen molar-refractivity contribution in [2.75, 3.05) is 32.7 Å². The monoisotopic (exact) mass is 498 g/mol. The molecule has 2 N–H and O–H groups in total. The van der Waals surface area contributed by atoms with Gasteiger partial charge in [-0.25, -0.2) is 0 Å². The average Bonchev–Trinajstić information content (AvgIpc) is 2.84. The van der Waals surface area contributed by atoms with E-state index in [0.29, 0.717) is 38.8 Å². The van der Waals surface area contributed by atoms with Gasteiger partial charge in [-0.3, -0.25) is 14.4 Å². The molecule has 200 valence electrons. The number of carbonyl (C=O) groups is 3. The SMILES string of the molecule is CCCN1C(=O)[C@H](CCCCNC(=O)CC(C)(C)C)NC(=O)C12CCN(CCc1ccccc1)CC2. The Kier molecular flexibility index (Phi) is 9.94. The molecule has 2 aliphatic heterocycles. The van der Waals surface area contributed by atoms with Crippen LogP contribution in [-0.2, 0) is 20.8 Å². The summed E-state index contributed by atoms with van der Waals surface area (Å²) in [6.45, 7) is 12.1. The van der Waals surface area contributed by atoms with Crippen molar-refractivity contribution >= 4 is 17.7 Å². The molecule has 2 heterocycles. The van der Waals surface area contributed by atoms with E-state index in [1.54, 1.807) is 0 Å². The molecule has 0 bridgehead atoms. The van der Waals surface area contributed by atoms with Crippen LogP contribution in [0, 0.1) is 5.41 Å². The van der Waals surface area contributed by atoms with E-state index in [9.17, 15) is 14.4 Å². The first-order valence-electron chi connectivity index (χ1n) is 13.8. The number of benzene rings is 1. The first-order valence-corrected chi connectivity index (χ1v) is 13.8. The summed E-state index contributed by atoms with van der Waals surface area (Å²) in [6, 6.07) is 10.0. The van der Waals surface area contributed by atoms with Crippen LogP contribution in [0.4, 0.5) is 0 Å². The second-order valence-electron chi connectivity index (χ2n) is 11.7. The first kappa shape index (κ1) is 28.2. The van der Waals surface area contributed by atoms with E-state index in [-0.39, 0.29) is 23.1 Å². The van der Waals surface area contributed by atoms with Crippen molar-refractivity contribution < 1.29 is 14.4 Å². The number of nitrogens with zero attached hydrogens (tertiary/aromatic N) is 2. The Labute approximate surface area is 217 Å². The quantitative estimate of drug-likeness (QED) is 0.458. The summed E-state index contributed by atoms with van der Waals surface area (Å²) in [4.78, 5) is 43.2. The van der Waals surface area contributed by atoms with Crippen LogP contribution < -0.4 is 10.6 Å². The van der Waals surface area contributed by atoms with Gasteiger partial charge in [-0.05, 0) is 55.9 Å². The number of rotatable bonds is 11. The molecule has 0 aliphatic carbocycles. The van der Waals surface area contributed by atoms with E-state index >= 15 is 0 Å². The van der Waals surface area contributed by atoms with Gasteiger partial charge in [0.05, 0.1) is 0 Å². The van der Waals surface area contributed by atoms with Crippen molar-refractivity contribution in [1.29, 1.82) is 0 Å². The standard InChI is InChI=1S/C29H46N4O3/c1-5-18-33-26(35)24(13-9-10-17-30-25(34)22-28(2,3)4)31-27(36)29(33)15-20-32(21-16-29)19-14-23-11-7-6-8-12-23/h6-8,11-12,24H,5,9-10,13-22H2,1-4H3,(H,30,34)(H,31,36)/t24-/m0/s1. The zero-order valence-electron chi connectivity index (χ0n) is 22.8. The first-order chi connectivity index (χ1) is 17.1. The molecule has 3 rings (SSSR count). The molecule has 0 aromatic heterocycles.